The second kappa shape index (κ2) is 14.6. The van der Waals surface area contributed by atoms with Crippen molar-refractivity contribution in [2.45, 2.75) is 51.7 Å². The van der Waals surface area contributed by atoms with Gasteiger partial charge < -0.3 is 15.0 Å². The van der Waals surface area contributed by atoms with E-state index in [9.17, 15) is 22.4 Å². The molecule has 0 saturated carbocycles. The van der Waals surface area contributed by atoms with E-state index in [1.165, 1.54) is 22.4 Å². The van der Waals surface area contributed by atoms with E-state index in [-0.39, 0.29) is 55.8 Å². The fraction of sp³-hybridized carbons (Fsp3) is 0.355. The quantitative estimate of drug-likeness (QED) is 0.301. The number of hydrogen-bond acceptors (Lipinski definition) is 5. The molecule has 0 aliphatic heterocycles. The van der Waals surface area contributed by atoms with Crippen LogP contribution in [0, 0.1) is 5.82 Å². The number of rotatable bonds is 14. The van der Waals surface area contributed by atoms with Gasteiger partial charge in [-0.2, -0.15) is 0 Å². The van der Waals surface area contributed by atoms with Crippen LogP contribution in [0.15, 0.2) is 78.9 Å². The Bertz CT molecular complexity index is 1420. The lowest BCUT2D eigenvalue weighted by molar-refractivity contribution is -0.141. The Kier molecular flexibility index (Phi) is 11.3. The Labute approximate surface area is 242 Å². The van der Waals surface area contributed by atoms with Gasteiger partial charge in [0.1, 0.15) is 17.6 Å². The van der Waals surface area contributed by atoms with Gasteiger partial charge in [-0.3, -0.25) is 13.9 Å². The van der Waals surface area contributed by atoms with Crippen molar-refractivity contribution in [1.29, 1.82) is 0 Å². The Balaban J connectivity index is 1.89. The van der Waals surface area contributed by atoms with Crippen LogP contribution in [-0.4, -0.2) is 57.1 Å². The molecule has 2 amide bonds. The van der Waals surface area contributed by atoms with E-state index >= 15 is 0 Å². The van der Waals surface area contributed by atoms with Crippen LogP contribution in [0.5, 0.6) is 5.75 Å². The Morgan fingerprint density at radius 3 is 2.29 bits per heavy atom. The molecule has 41 heavy (non-hydrogen) atoms. The monoisotopic (exact) mass is 583 g/mol. The molecule has 0 heterocycles. The number of sulfonamides is 1. The molecule has 0 fully saturated rings. The van der Waals surface area contributed by atoms with Gasteiger partial charge in [0.2, 0.25) is 21.8 Å². The molecule has 3 aromatic carbocycles. The smallest absolute Gasteiger partial charge is 0.243 e. The fourth-order valence-electron chi connectivity index (χ4n) is 4.51. The standard InChI is InChI=1S/C31H38FN3O5S/c1-23(2)33-31(37)29(20-24-12-6-5-7-13-24)34(22-25-14-8-9-17-28(25)32)30(36)18-11-19-35(41(4,38)39)26-15-10-16-27(21-26)40-3/h5-10,12-17,21,23,29H,11,18-20,22H2,1-4H3,(H,33,37). The lowest BCUT2D eigenvalue weighted by Gasteiger charge is -2.32. The average molecular weight is 584 g/mol. The number of benzene rings is 3. The zero-order chi connectivity index (χ0) is 30.0. The number of amides is 2. The average Bonchev–Trinajstić information content (AvgIpc) is 2.93. The topological polar surface area (TPSA) is 96.0 Å². The predicted molar refractivity (Wildman–Crippen MR) is 159 cm³/mol. The van der Waals surface area contributed by atoms with Gasteiger partial charge in [-0.1, -0.05) is 54.6 Å². The third kappa shape index (κ3) is 9.31. The van der Waals surface area contributed by atoms with Crippen molar-refractivity contribution in [1.82, 2.24) is 10.2 Å². The first-order valence-electron chi connectivity index (χ1n) is 13.5. The SMILES string of the molecule is COc1cccc(N(CCCC(=O)N(Cc2ccccc2F)C(Cc2ccccc2)C(=O)NC(C)C)S(C)(=O)=O)c1. The van der Waals surface area contributed by atoms with E-state index in [2.05, 4.69) is 5.32 Å². The summed E-state index contributed by atoms with van der Waals surface area (Å²) in [6, 6.07) is 21.1. The molecule has 3 rings (SSSR count). The number of ether oxygens (including phenoxy) is 1. The molecule has 8 nitrogen and oxygen atoms in total. The van der Waals surface area contributed by atoms with Crippen molar-refractivity contribution in [2.24, 2.45) is 0 Å². The van der Waals surface area contributed by atoms with Crippen LogP contribution >= 0.6 is 0 Å². The predicted octanol–water partition coefficient (Wildman–Crippen LogP) is 4.55. The van der Waals surface area contributed by atoms with Gasteiger partial charge >= 0.3 is 0 Å². The Hall–Kier alpha value is -3.92. The first kappa shape index (κ1) is 31.6. The summed E-state index contributed by atoms with van der Waals surface area (Å²) < 4.78 is 46.4. The third-order valence-corrected chi connectivity index (χ3v) is 7.69. The fourth-order valence-corrected chi connectivity index (χ4v) is 5.47. The second-order valence-electron chi connectivity index (χ2n) is 10.1. The van der Waals surface area contributed by atoms with Crippen LogP contribution in [0.2, 0.25) is 0 Å². The summed E-state index contributed by atoms with van der Waals surface area (Å²) in [5, 5.41) is 2.90. The molecule has 0 saturated heterocycles. The molecule has 10 heteroatoms. The first-order chi connectivity index (χ1) is 19.5. The number of nitrogens with zero attached hydrogens (tertiary/aromatic N) is 2. The molecule has 220 valence electrons. The molecule has 1 unspecified atom stereocenters. The summed E-state index contributed by atoms with van der Waals surface area (Å²) in [4.78, 5) is 28.6. The van der Waals surface area contributed by atoms with Gasteiger partial charge in [0.15, 0.2) is 0 Å². The highest BCUT2D eigenvalue weighted by atomic mass is 32.2. The van der Waals surface area contributed by atoms with Gasteiger partial charge in [-0.15, -0.1) is 0 Å². The van der Waals surface area contributed by atoms with Crippen LogP contribution in [0.1, 0.15) is 37.8 Å². The van der Waals surface area contributed by atoms with Gasteiger partial charge in [0.25, 0.3) is 0 Å². The van der Waals surface area contributed by atoms with Crippen LogP contribution in [-0.2, 0) is 32.6 Å². The molecule has 1 atom stereocenters. The molecule has 0 aromatic heterocycles. The largest absolute Gasteiger partial charge is 0.497 e. The van der Waals surface area contributed by atoms with E-state index in [1.807, 2.05) is 44.2 Å². The normalized spacial score (nSPS) is 12.0. The van der Waals surface area contributed by atoms with E-state index in [4.69, 9.17) is 4.74 Å². The number of hydrogen-bond donors (Lipinski definition) is 1. The lowest BCUT2D eigenvalue weighted by Crippen LogP contribution is -2.52. The number of carbonyl (C=O) groups is 2. The Morgan fingerprint density at radius 1 is 0.976 bits per heavy atom. The van der Waals surface area contributed by atoms with E-state index in [0.717, 1.165) is 11.8 Å². The van der Waals surface area contributed by atoms with Gasteiger partial charge in [0.05, 0.1) is 19.1 Å². The van der Waals surface area contributed by atoms with Gasteiger partial charge in [-0.25, -0.2) is 12.8 Å². The number of carbonyl (C=O) groups excluding carboxylic acids is 2. The second-order valence-corrected chi connectivity index (χ2v) is 12.0. The third-order valence-electron chi connectivity index (χ3n) is 6.49. The van der Waals surface area contributed by atoms with Crippen LogP contribution < -0.4 is 14.4 Å². The minimum atomic E-state index is -3.66. The van der Waals surface area contributed by atoms with Crippen molar-refractivity contribution >= 4 is 27.5 Å². The van der Waals surface area contributed by atoms with Gasteiger partial charge in [0, 0.05) is 43.6 Å². The molecular weight excluding hydrogens is 545 g/mol. The first-order valence-corrected chi connectivity index (χ1v) is 15.3. The van der Waals surface area contributed by atoms with Crippen molar-refractivity contribution in [3.63, 3.8) is 0 Å². The number of methoxy groups -OCH3 is 1. The molecule has 0 aliphatic carbocycles. The summed E-state index contributed by atoms with van der Waals surface area (Å²) in [5.41, 5.74) is 1.55. The highest BCUT2D eigenvalue weighted by Crippen LogP contribution is 2.24. The molecule has 0 bridgehead atoms. The van der Waals surface area contributed by atoms with Crippen LogP contribution in [0.3, 0.4) is 0 Å². The molecular formula is C31H38FN3O5S. The summed E-state index contributed by atoms with van der Waals surface area (Å²) in [6.45, 7) is 3.59. The maximum atomic E-state index is 14.7. The summed E-state index contributed by atoms with van der Waals surface area (Å²) >= 11 is 0. The minimum absolute atomic E-state index is 0.0345. The van der Waals surface area contributed by atoms with Crippen LogP contribution in [0.25, 0.3) is 0 Å². The maximum Gasteiger partial charge on any atom is 0.243 e. The highest BCUT2D eigenvalue weighted by molar-refractivity contribution is 7.92. The van der Waals surface area contributed by atoms with Crippen molar-refractivity contribution in [3.05, 3.63) is 95.8 Å². The molecule has 3 aromatic rings. The zero-order valence-electron chi connectivity index (χ0n) is 23.9. The van der Waals surface area contributed by atoms with Crippen molar-refractivity contribution in [2.75, 3.05) is 24.2 Å². The van der Waals surface area contributed by atoms with E-state index in [0.29, 0.717) is 11.4 Å². The molecule has 0 spiro atoms. The molecule has 1 N–H and O–H groups in total. The van der Waals surface area contributed by atoms with Crippen LogP contribution in [0.4, 0.5) is 10.1 Å². The number of anilines is 1. The lowest BCUT2D eigenvalue weighted by atomic mass is 10.0. The van der Waals surface area contributed by atoms with Gasteiger partial charge in [-0.05, 0) is 44.0 Å². The van der Waals surface area contributed by atoms with E-state index < -0.39 is 21.9 Å². The highest BCUT2D eigenvalue weighted by Gasteiger charge is 2.31. The van der Waals surface area contributed by atoms with Crippen molar-refractivity contribution < 1.29 is 27.1 Å². The number of halogens is 1. The zero-order valence-corrected chi connectivity index (χ0v) is 24.7. The minimum Gasteiger partial charge on any atom is -0.497 e. The van der Waals surface area contributed by atoms with Crippen molar-refractivity contribution in [3.8, 4) is 5.75 Å². The summed E-state index contributed by atoms with van der Waals surface area (Å²) in [7, 11) is -2.17. The summed E-state index contributed by atoms with van der Waals surface area (Å²) in [5.74, 6) is -0.701. The number of nitrogens with one attached hydrogen (secondary N) is 1. The summed E-state index contributed by atoms with van der Waals surface area (Å²) in [6.07, 6.45) is 1.47. The van der Waals surface area contributed by atoms with E-state index in [1.54, 1.807) is 42.5 Å². The molecule has 0 radical (unpaired) electrons. The molecule has 0 aliphatic rings. The Morgan fingerprint density at radius 2 is 1.66 bits per heavy atom. The maximum absolute atomic E-state index is 14.7.